The normalized spacial score (nSPS) is 32.1. The molecule has 0 radical (unpaired) electrons. The number of allylic oxidation sites excluding steroid dienone is 3. The Morgan fingerprint density at radius 1 is 1.22 bits per heavy atom. The van der Waals surface area contributed by atoms with Crippen molar-refractivity contribution in [3.05, 3.63) is 53.3 Å². The van der Waals surface area contributed by atoms with Crippen LogP contribution in [0.1, 0.15) is 129 Å². The number of carbonyl (C=O) groups excluding carboxylic acids is 1. The van der Waals surface area contributed by atoms with Gasteiger partial charge in [0.05, 0.1) is 35.8 Å². The van der Waals surface area contributed by atoms with E-state index >= 15 is 0 Å². The average Bonchev–Trinajstić information content (AvgIpc) is 3.55. The summed E-state index contributed by atoms with van der Waals surface area (Å²) in [6.45, 7) is 12.0. The lowest BCUT2D eigenvalue weighted by Crippen LogP contribution is -2.39. The second-order valence-corrected chi connectivity index (χ2v) is 15.5. The van der Waals surface area contributed by atoms with E-state index in [1.54, 1.807) is 13.8 Å². The van der Waals surface area contributed by atoms with Gasteiger partial charge in [-0.15, -0.1) is 0 Å². The zero-order valence-electron chi connectivity index (χ0n) is 28.2. The molecule has 4 unspecified atom stereocenters. The number of aliphatic hydroxyl groups excluding tert-OH is 3. The highest BCUT2D eigenvalue weighted by Gasteiger charge is 2.57. The van der Waals surface area contributed by atoms with E-state index in [2.05, 4.69) is 37.6 Å². The predicted molar refractivity (Wildman–Crippen MR) is 175 cm³/mol. The van der Waals surface area contributed by atoms with Crippen LogP contribution in [0.4, 0.5) is 0 Å². The molecule has 0 saturated heterocycles. The molecule has 250 valence electrons. The van der Waals surface area contributed by atoms with E-state index in [1.807, 2.05) is 6.20 Å². The zero-order chi connectivity index (χ0) is 32.4. The molecule has 0 bridgehead atoms. The van der Waals surface area contributed by atoms with Crippen molar-refractivity contribution in [2.45, 2.75) is 148 Å². The van der Waals surface area contributed by atoms with Crippen LogP contribution in [0.5, 0.6) is 0 Å². The number of unbranched alkanes of at least 4 members (excludes halogenated alkanes) is 1. The van der Waals surface area contributed by atoms with Crippen molar-refractivity contribution in [3.8, 4) is 0 Å². The Morgan fingerprint density at radius 3 is 2.71 bits per heavy atom. The fraction of sp³-hybridized carbons (Fsp3) is 0.737. The Morgan fingerprint density at radius 2 is 2.00 bits per heavy atom. The highest BCUT2D eigenvalue weighted by atomic mass is 16.5. The fourth-order valence-electron chi connectivity index (χ4n) is 8.45. The summed E-state index contributed by atoms with van der Waals surface area (Å²) in [7, 11) is 0. The molecule has 1 aromatic rings. The van der Waals surface area contributed by atoms with E-state index < -0.39 is 17.6 Å². The number of oxazole rings is 1. The zero-order valence-corrected chi connectivity index (χ0v) is 28.2. The number of ether oxygens (including phenoxy) is 1. The summed E-state index contributed by atoms with van der Waals surface area (Å²) < 4.78 is 12.5. The van der Waals surface area contributed by atoms with Crippen molar-refractivity contribution in [1.82, 2.24) is 4.98 Å². The number of carbonyl (C=O) groups is 1. The molecule has 0 aliphatic heterocycles. The van der Waals surface area contributed by atoms with Crippen molar-refractivity contribution in [2.75, 3.05) is 6.61 Å². The van der Waals surface area contributed by atoms with Crippen LogP contribution in [0, 0.1) is 22.7 Å². The predicted octanol–water partition coefficient (Wildman–Crippen LogP) is 7.29. The number of fused-ring (bicyclic) bond motifs is 1. The number of aromatic nitrogens is 1. The van der Waals surface area contributed by atoms with Crippen molar-refractivity contribution in [1.29, 1.82) is 0 Å². The molecular weight excluding hydrogens is 566 g/mol. The Balaban J connectivity index is 1.27. The molecule has 4 aliphatic carbocycles. The lowest BCUT2D eigenvalue weighted by atomic mass is 9.62. The lowest BCUT2D eigenvalue weighted by Gasteiger charge is -2.42. The summed E-state index contributed by atoms with van der Waals surface area (Å²) in [6, 6.07) is 0. The van der Waals surface area contributed by atoms with E-state index in [4.69, 9.17) is 9.15 Å². The minimum absolute atomic E-state index is 0.240. The summed E-state index contributed by atoms with van der Waals surface area (Å²) in [4.78, 5) is 17.9. The summed E-state index contributed by atoms with van der Waals surface area (Å²) >= 11 is 0. The van der Waals surface area contributed by atoms with Gasteiger partial charge in [0.25, 0.3) is 0 Å². The molecule has 45 heavy (non-hydrogen) atoms. The van der Waals surface area contributed by atoms with Crippen LogP contribution < -0.4 is 0 Å². The summed E-state index contributed by atoms with van der Waals surface area (Å²) in [5.41, 5.74) is 2.13. The summed E-state index contributed by atoms with van der Waals surface area (Å²) in [5.74, 6) is 2.40. The van der Waals surface area contributed by atoms with Crippen molar-refractivity contribution in [2.24, 2.45) is 22.7 Å². The second kappa shape index (κ2) is 13.9. The standard InChI is InChI=1S/C38H57NO6/c1-6-7-12-30-23-39-34(44-30)38(19-20-38)33(45-35(43)36(3,4)24-40)13-8-11-28-16-17-31-26(10-9-18-37(28,31)5)14-15-27-21-29(41)22-32(42)25(27)2/h14-15,23,28-29,31-33,40-42H,2,6-13,16-22,24H2,1,3-5H3/b26-14+,27-15-/t28?,29-,31?,32+,33?,37?/m1/s1. The third-order valence-corrected chi connectivity index (χ3v) is 11.8. The molecule has 4 fully saturated rings. The molecule has 0 aromatic carbocycles. The van der Waals surface area contributed by atoms with Gasteiger partial charge in [-0.2, -0.15) is 0 Å². The molecular formula is C38H57NO6. The van der Waals surface area contributed by atoms with Gasteiger partial charge in [0.1, 0.15) is 11.9 Å². The first-order valence-electron chi connectivity index (χ1n) is 17.7. The van der Waals surface area contributed by atoms with Gasteiger partial charge in [-0.05, 0) is 119 Å². The number of aryl methyl sites for hydroxylation is 1. The van der Waals surface area contributed by atoms with Crippen LogP contribution in [0.2, 0.25) is 0 Å². The monoisotopic (exact) mass is 623 g/mol. The van der Waals surface area contributed by atoms with E-state index in [0.717, 1.165) is 74.7 Å². The maximum absolute atomic E-state index is 13.2. The third kappa shape index (κ3) is 7.21. The molecule has 4 saturated carbocycles. The minimum atomic E-state index is -0.955. The maximum Gasteiger partial charge on any atom is 0.314 e. The molecule has 0 amide bonds. The molecule has 3 N–H and O–H groups in total. The Labute approximate surface area is 270 Å². The van der Waals surface area contributed by atoms with Crippen LogP contribution in [0.25, 0.3) is 0 Å². The number of esters is 1. The van der Waals surface area contributed by atoms with Crippen LogP contribution in [-0.2, 0) is 21.4 Å². The average molecular weight is 624 g/mol. The molecule has 4 aliphatic rings. The van der Waals surface area contributed by atoms with Crippen molar-refractivity contribution >= 4 is 5.97 Å². The Bertz CT molecular complexity index is 1270. The van der Waals surface area contributed by atoms with Crippen LogP contribution in [0.3, 0.4) is 0 Å². The molecule has 6 atom stereocenters. The number of aliphatic hydroxyl groups is 3. The van der Waals surface area contributed by atoms with Crippen LogP contribution in [-0.4, -0.2) is 51.2 Å². The number of nitrogens with zero attached hydrogens (tertiary/aromatic N) is 1. The highest BCUT2D eigenvalue weighted by Crippen LogP contribution is 2.59. The number of hydrogen-bond acceptors (Lipinski definition) is 7. The first kappa shape index (κ1) is 34.1. The SMILES string of the molecule is C=C1/C(=C\C=C2/CCCC3(C)C(CCCC(OC(=O)C(C)(C)CO)C4(c5ncc(CCCC)o5)CC4)CCC23)C[C@@H](O)C[C@@H]1O. The summed E-state index contributed by atoms with van der Waals surface area (Å²) in [6.07, 6.45) is 19.2. The van der Waals surface area contributed by atoms with Gasteiger partial charge in [-0.1, -0.05) is 44.6 Å². The van der Waals surface area contributed by atoms with Crippen molar-refractivity contribution < 1.29 is 29.3 Å². The van der Waals surface area contributed by atoms with Gasteiger partial charge in [-0.25, -0.2) is 4.98 Å². The molecule has 7 nitrogen and oxygen atoms in total. The van der Waals surface area contributed by atoms with Gasteiger partial charge in [0.15, 0.2) is 0 Å². The van der Waals surface area contributed by atoms with Gasteiger partial charge in [0.2, 0.25) is 5.89 Å². The molecule has 7 heteroatoms. The van der Waals surface area contributed by atoms with Crippen LogP contribution >= 0.6 is 0 Å². The van der Waals surface area contributed by atoms with Crippen LogP contribution in [0.15, 0.2) is 46.1 Å². The summed E-state index contributed by atoms with van der Waals surface area (Å²) in [5, 5.41) is 30.3. The highest BCUT2D eigenvalue weighted by molar-refractivity contribution is 5.76. The lowest BCUT2D eigenvalue weighted by molar-refractivity contribution is -0.164. The molecule has 5 rings (SSSR count). The van der Waals surface area contributed by atoms with Gasteiger partial charge >= 0.3 is 5.97 Å². The van der Waals surface area contributed by atoms with Gasteiger partial charge < -0.3 is 24.5 Å². The number of rotatable bonds is 13. The first-order chi connectivity index (χ1) is 21.4. The smallest absolute Gasteiger partial charge is 0.314 e. The van der Waals surface area contributed by atoms with E-state index in [-0.39, 0.29) is 29.5 Å². The van der Waals surface area contributed by atoms with Gasteiger partial charge in [0, 0.05) is 12.8 Å². The second-order valence-electron chi connectivity index (χ2n) is 15.5. The maximum atomic E-state index is 13.2. The van der Waals surface area contributed by atoms with E-state index in [0.29, 0.717) is 30.6 Å². The van der Waals surface area contributed by atoms with E-state index in [9.17, 15) is 20.1 Å². The molecule has 1 heterocycles. The fourth-order valence-corrected chi connectivity index (χ4v) is 8.45. The molecule has 1 aromatic heterocycles. The van der Waals surface area contributed by atoms with Crippen molar-refractivity contribution in [3.63, 3.8) is 0 Å². The number of hydrogen-bond donors (Lipinski definition) is 3. The third-order valence-electron chi connectivity index (χ3n) is 11.8. The topological polar surface area (TPSA) is 113 Å². The Kier molecular flexibility index (Phi) is 10.5. The van der Waals surface area contributed by atoms with E-state index in [1.165, 1.54) is 31.3 Å². The van der Waals surface area contributed by atoms with Gasteiger partial charge in [-0.3, -0.25) is 4.79 Å². The first-order valence-corrected chi connectivity index (χ1v) is 17.7. The molecule has 0 spiro atoms. The quantitative estimate of drug-likeness (QED) is 0.198. The largest absolute Gasteiger partial charge is 0.461 e. The Hall–Kier alpha value is -2.22. The minimum Gasteiger partial charge on any atom is -0.461 e.